The molecule has 0 radical (unpaired) electrons. The lowest BCUT2D eigenvalue weighted by molar-refractivity contribution is -0.870. The van der Waals surface area contributed by atoms with Crippen molar-refractivity contribution < 1.29 is 42.9 Å². The van der Waals surface area contributed by atoms with E-state index >= 15 is 0 Å². The number of likely N-dealkylation sites (N-methyl/N-ethyl adjacent to an activating group) is 1. The first-order chi connectivity index (χ1) is 46.6. The highest BCUT2D eigenvalue weighted by molar-refractivity contribution is 5.71. The van der Waals surface area contributed by atoms with Crippen molar-refractivity contribution in [3.05, 3.63) is 60.8 Å². The summed E-state index contributed by atoms with van der Waals surface area (Å²) >= 11 is 0. The smallest absolute Gasteiger partial charge is 0.361 e. The summed E-state index contributed by atoms with van der Waals surface area (Å²) in [4.78, 5) is 37.7. The van der Waals surface area contributed by atoms with Gasteiger partial charge in [0.25, 0.3) is 6.29 Å². The van der Waals surface area contributed by atoms with Crippen molar-refractivity contribution >= 4 is 17.9 Å². The molecule has 0 spiro atoms. The fourth-order valence-electron chi connectivity index (χ4n) is 12.4. The van der Waals surface area contributed by atoms with Crippen molar-refractivity contribution in [2.75, 3.05) is 47.5 Å². The number of ether oxygens (including phenoxy) is 4. The molecule has 0 aromatic carbocycles. The molecule has 0 aromatic heterocycles. The van der Waals surface area contributed by atoms with Crippen LogP contribution in [0.2, 0.25) is 0 Å². The lowest BCUT2D eigenvalue weighted by atomic mass is 10.0. The van der Waals surface area contributed by atoms with Gasteiger partial charge in [-0.15, -0.1) is 0 Å². The summed E-state index contributed by atoms with van der Waals surface area (Å²) in [6.07, 6.45) is 99.6. The molecule has 2 atom stereocenters. The van der Waals surface area contributed by atoms with Gasteiger partial charge in [0, 0.05) is 12.8 Å². The Hall–Kier alpha value is -3.01. The van der Waals surface area contributed by atoms with E-state index in [1.54, 1.807) is 0 Å². The quantitative estimate of drug-likeness (QED) is 0.0211. The van der Waals surface area contributed by atoms with Gasteiger partial charge < -0.3 is 28.5 Å². The summed E-state index contributed by atoms with van der Waals surface area (Å²) in [5, 5.41) is 9.78. The molecular weight excluding hydrogens is 1170 g/mol. The maximum Gasteiger partial charge on any atom is 0.361 e. The Kier molecular flexibility index (Phi) is 74.3. The average Bonchev–Trinajstić information content (AvgIpc) is 2.86. The Bertz CT molecular complexity index is 1750. The molecule has 0 heterocycles. The van der Waals surface area contributed by atoms with Gasteiger partial charge >= 0.3 is 17.9 Å². The minimum Gasteiger partial charge on any atom is -0.477 e. The third kappa shape index (κ3) is 78.2. The molecule has 0 aromatic rings. The van der Waals surface area contributed by atoms with Crippen molar-refractivity contribution in [1.29, 1.82) is 0 Å². The van der Waals surface area contributed by atoms with E-state index in [-0.39, 0.29) is 38.2 Å². The van der Waals surface area contributed by atoms with E-state index in [1.807, 2.05) is 21.1 Å². The van der Waals surface area contributed by atoms with Gasteiger partial charge in [-0.1, -0.05) is 376 Å². The monoisotopic (exact) mass is 1340 g/mol. The van der Waals surface area contributed by atoms with Crippen LogP contribution in [-0.4, -0.2) is 87.4 Å². The zero-order chi connectivity index (χ0) is 69.0. The van der Waals surface area contributed by atoms with E-state index < -0.39 is 18.4 Å². The van der Waals surface area contributed by atoms with Gasteiger partial charge in [-0.2, -0.15) is 0 Å². The summed E-state index contributed by atoms with van der Waals surface area (Å²) in [7, 11) is 6.00. The number of carbonyl (C=O) groups is 3. The first kappa shape index (κ1) is 92.0. The summed E-state index contributed by atoms with van der Waals surface area (Å²) in [5.41, 5.74) is 0. The van der Waals surface area contributed by atoms with Gasteiger partial charge in [-0.25, -0.2) is 4.79 Å². The number of hydrogen-bond donors (Lipinski definition) is 1. The highest BCUT2D eigenvalue weighted by Gasteiger charge is 2.25. The van der Waals surface area contributed by atoms with Crippen molar-refractivity contribution in [2.24, 2.45) is 0 Å². The summed E-state index contributed by atoms with van der Waals surface area (Å²) in [6.45, 7) is 4.92. The molecule has 0 saturated carbocycles. The molecule has 0 aliphatic carbocycles. The van der Waals surface area contributed by atoms with Crippen LogP contribution < -0.4 is 0 Å². The number of esters is 2. The number of aliphatic carboxylic acids is 1. The van der Waals surface area contributed by atoms with E-state index in [9.17, 15) is 19.5 Å². The number of carbonyl (C=O) groups excluding carboxylic acids is 2. The maximum atomic E-state index is 13.0. The molecule has 556 valence electrons. The first-order valence-electron chi connectivity index (χ1n) is 41.5. The van der Waals surface area contributed by atoms with Crippen molar-refractivity contribution in [1.82, 2.24) is 0 Å². The van der Waals surface area contributed by atoms with Crippen LogP contribution >= 0.6 is 0 Å². The molecule has 0 saturated heterocycles. The number of allylic oxidation sites excluding steroid dienone is 10. The molecule has 0 rings (SSSR count). The summed E-state index contributed by atoms with van der Waals surface area (Å²) in [5.74, 6) is -1.98. The normalized spacial score (nSPS) is 12.9. The van der Waals surface area contributed by atoms with E-state index in [0.29, 0.717) is 17.4 Å². The van der Waals surface area contributed by atoms with E-state index in [0.717, 1.165) is 57.8 Å². The van der Waals surface area contributed by atoms with Crippen LogP contribution in [0.4, 0.5) is 0 Å². The molecule has 95 heavy (non-hydrogen) atoms. The minimum absolute atomic E-state index is 0.178. The number of quaternary nitrogens is 1. The Morgan fingerprint density at radius 2 is 0.568 bits per heavy atom. The van der Waals surface area contributed by atoms with Gasteiger partial charge in [-0.05, 0) is 83.5 Å². The molecule has 9 nitrogen and oxygen atoms in total. The molecular formula is C86H160NO8+. The fraction of sp³-hybridized carbons (Fsp3) is 0.849. The highest BCUT2D eigenvalue weighted by atomic mass is 16.7. The Morgan fingerprint density at radius 1 is 0.316 bits per heavy atom. The van der Waals surface area contributed by atoms with Crippen LogP contribution in [0, 0.1) is 0 Å². The Balaban J connectivity index is 3.93. The Labute approximate surface area is 590 Å². The first-order valence-corrected chi connectivity index (χ1v) is 41.5. The van der Waals surface area contributed by atoms with E-state index in [2.05, 4.69) is 74.6 Å². The number of nitrogens with zero attached hydrogens (tertiary/aromatic N) is 1. The predicted octanol–water partition coefficient (Wildman–Crippen LogP) is 26.6. The Morgan fingerprint density at radius 3 is 0.842 bits per heavy atom. The van der Waals surface area contributed by atoms with Crippen LogP contribution in [0.3, 0.4) is 0 Å². The van der Waals surface area contributed by atoms with Crippen LogP contribution in [0.5, 0.6) is 0 Å². The number of hydrogen-bond acceptors (Lipinski definition) is 7. The van der Waals surface area contributed by atoms with Crippen molar-refractivity contribution in [3.63, 3.8) is 0 Å². The molecule has 1 N–H and O–H groups in total. The molecule has 0 bridgehead atoms. The molecule has 9 heteroatoms. The molecule has 2 unspecified atom stereocenters. The predicted molar refractivity (Wildman–Crippen MR) is 410 cm³/mol. The lowest BCUT2D eigenvalue weighted by Crippen LogP contribution is -2.40. The third-order valence-corrected chi connectivity index (χ3v) is 18.7. The second kappa shape index (κ2) is 76.7. The fourth-order valence-corrected chi connectivity index (χ4v) is 12.4. The summed E-state index contributed by atoms with van der Waals surface area (Å²) < 4.78 is 23.1. The van der Waals surface area contributed by atoms with Gasteiger partial charge in [0.15, 0.2) is 6.10 Å². The van der Waals surface area contributed by atoms with Crippen LogP contribution in [0.15, 0.2) is 60.8 Å². The lowest BCUT2D eigenvalue weighted by Gasteiger charge is -2.25. The number of unbranched alkanes of at least 4 members (excludes halogenated alkanes) is 53. The number of carboxylic acids is 1. The van der Waals surface area contributed by atoms with Crippen LogP contribution in [-0.2, 0) is 33.3 Å². The zero-order valence-corrected chi connectivity index (χ0v) is 63.8. The van der Waals surface area contributed by atoms with E-state index in [1.165, 1.54) is 327 Å². The molecule has 0 aliphatic rings. The van der Waals surface area contributed by atoms with Gasteiger partial charge in [-0.3, -0.25) is 9.59 Å². The second-order valence-corrected chi connectivity index (χ2v) is 29.4. The summed E-state index contributed by atoms with van der Waals surface area (Å²) in [6, 6.07) is 0. The third-order valence-electron chi connectivity index (χ3n) is 18.7. The highest BCUT2D eigenvalue weighted by Crippen LogP contribution is 2.20. The van der Waals surface area contributed by atoms with Gasteiger partial charge in [0.2, 0.25) is 0 Å². The molecule has 0 amide bonds. The second-order valence-electron chi connectivity index (χ2n) is 29.4. The van der Waals surface area contributed by atoms with Crippen LogP contribution in [0.25, 0.3) is 0 Å². The van der Waals surface area contributed by atoms with Gasteiger partial charge in [0.1, 0.15) is 13.2 Å². The SMILES string of the molecule is CCCCCCC/C=C\C/C=C\C/C=C\CCCCCCCCCCCCCCCCC(=O)OC(COC(=O)CCCCCCCCCCCCCCCCCCCCCCCCCCCCCCC/C=C\C/C=C\CCCCCCC)COC(OCC[N+](C)(C)C)C(=O)O. The number of rotatable bonds is 78. The van der Waals surface area contributed by atoms with Gasteiger partial charge in [0.05, 0.1) is 34.4 Å². The topological polar surface area (TPSA) is 108 Å². The zero-order valence-electron chi connectivity index (χ0n) is 63.8. The van der Waals surface area contributed by atoms with Crippen molar-refractivity contribution in [2.45, 2.75) is 424 Å². The minimum atomic E-state index is -1.51. The number of carboxylic acid groups (broad SMARTS) is 1. The average molecular weight is 1340 g/mol. The van der Waals surface area contributed by atoms with Crippen LogP contribution in [0.1, 0.15) is 412 Å². The van der Waals surface area contributed by atoms with E-state index in [4.69, 9.17) is 18.9 Å². The molecule has 0 aliphatic heterocycles. The molecule has 0 fully saturated rings. The largest absolute Gasteiger partial charge is 0.477 e. The van der Waals surface area contributed by atoms with Crippen molar-refractivity contribution in [3.8, 4) is 0 Å². The maximum absolute atomic E-state index is 13.0. The standard InChI is InChI=1S/C86H159NO8/c1-6-8-10-12-14-16-18-20-22-24-26-28-30-32-34-36-37-38-39-40-41-42-43-44-45-46-47-49-50-52-54-56-58-60-62-64-66-68-70-72-74-76-83(88)93-80-82(81-94-86(85(90)91)92-79-78-87(3,4)5)95-84(89)77-75-73-71-69-67-65-63-61-59-57-55-53-51-48-35-33-31-29-27-25-23-21-19-17-15-13-11-9-7-2/h18-21,24-27,31,33,82,86H,6-17,22-23,28-30,32,34-81H2,1-5H3/p+1/b20-18-,21-19-,26-24-,27-25-,33-31-.